The van der Waals surface area contributed by atoms with Gasteiger partial charge in [0.05, 0.1) is 27.9 Å². The molecule has 1 fully saturated rings. The van der Waals surface area contributed by atoms with E-state index in [1.54, 1.807) is 16.4 Å². The Balaban J connectivity index is 1.93. The van der Waals surface area contributed by atoms with Gasteiger partial charge in [-0.05, 0) is 40.4 Å². The number of likely N-dealkylation sites (N-methyl/N-ethyl adjacent to an activating group) is 1. The number of carbonyl (C=O) groups is 1. The van der Waals surface area contributed by atoms with Crippen LogP contribution in [0.5, 0.6) is 0 Å². The van der Waals surface area contributed by atoms with Gasteiger partial charge in [-0.25, -0.2) is 13.6 Å². The van der Waals surface area contributed by atoms with E-state index >= 15 is 8.78 Å². The second kappa shape index (κ2) is 7.28. The van der Waals surface area contributed by atoms with Gasteiger partial charge in [-0.3, -0.25) is 4.79 Å². The van der Waals surface area contributed by atoms with Gasteiger partial charge in [0.2, 0.25) is 5.43 Å². The molecule has 0 spiro atoms. The summed E-state index contributed by atoms with van der Waals surface area (Å²) in [4.78, 5) is 29.0. The van der Waals surface area contributed by atoms with Crippen LogP contribution in [0.4, 0.5) is 14.5 Å². The highest BCUT2D eigenvalue weighted by Crippen LogP contribution is 2.47. The minimum atomic E-state index is -0.790. The molecule has 2 unspecified atom stereocenters. The number of esters is 1. The molecule has 1 saturated heterocycles. The van der Waals surface area contributed by atoms with Crippen LogP contribution in [0.15, 0.2) is 15.9 Å². The first-order valence-corrected chi connectivity index (χ1v) is 10.5. The smallest absolute Gasteiger partial charge is 0.344 e. The normalized spacial score (nSPS) is 20.9. The molecule has 2 aliphatic heterocycles. The van der Waals surface area contributed by atoms with E-state index in [1.807, 2.05) is 25.9 Å². The third-order valence-corrected chi connectivity index (χ3v) is 6.82. The number of halogens is 2. The minimum absolute atomic E-state index is 0.0500. The molecule has 0 aliphatic carbocycles. The van der Waals surface area contributed by atoms with Crippen molar-refractivity contribution < 1.29 is 18.3 Å². The maximum Gasteiger partial charge on any atom is 0.344 e. The first-order chi connectivity index (χ1) is 13.8. The third kappa shape index (κ3) is 3.02. The van der Waals surface area contributed by atoms with Crippen LogP contribution in [0.3, 0.4) is 0 Å². The molecule has 0 N–H and O–H groups in total. The number of ether oxygens (including phenoxy) is 1. The Morgan fingerprint density at radius 3 is 2.69 bits per heavy atom. The van der Waals surface area contributed by atoms with E-state index in [1.165, 1.54) is 11.8 Å². The number of benzene rings is 1. The summed E-state index contributed by atoms with van der Waals surface area (Å²) in [6, 6.07) is 1.26. The van der Waals surface area contributed by atoms with Crippen molar-refractivity contribution in [1.29, 1.82) is 0 Å². The third-order valence-electron chi connectivity index (χ3n) is 5.65. The first-order valence-electron chi connectivity index (χ1n) is 9.61. The van der Waals surface area contributed by atoms with Crippen LogP contribution in [0.2, 0.25) is 0 Å². The van der Waals surface area contributed by atoms with Crippen LogP contribution in [-0.2, 0) is 4.74 Å². The Hall–Kier alpha value is -2.13. The van der Waals surface area contributed by atoms with Crippen LogP contribution in [0.25, 0.3) is 10.9 Å². The molecule has 0 saturated carbocycles. The SMILES string of the molecule is CCOC(=O)c1c2n(c3c(F)c(N4CCC(N(C)C)C4)c(F)cc3c1=O)C(C)S2. The fourth-order valence-electron chi connectivity index (χ4n) is 4.13. The first kappa shape index (κ1) is 20.2. The standard InChI is InChI=1S/C20H23F2N3O3S/c1-5-28-20(27)14-18(26)12-8-13(21)17(24-7-6-11(9-24)23(3)4)15(22)16(12)25-10(2)29-19(14)25/h8,10-11H,5-7,9H2,1-4H3. The average Bonchev–Trinajstić information content (AvgIpc) is 3.12. The van der Waals surface area contributed by atoms with Gasteiger partial charge in [0.15, 0.2) is 5.82 Å². The molecule has 6 nitrogen and oxygen atoms in total. The number of hydrogen-bond donors (Lipinski definition) is 0. The van der Waals surface area contributed by atoms with Crippen molar-refractivity contribution in [2.24, 2.45) is 0 Å². The van der Waals surface area contributed by atoms with Gasteiger partial charge >= 0.3 is 5.97 Å². The lowest BCUT2D eigenvalue weighted by atomic mass is 10.1. The molecule has 1 aromatic carbocycles. The van der Waals surface area contributed by atoms with Gasteiger partial charge in [-0.2, -0.15) is 0 Å². The van der Waals surface area contributed by atoms with Gasteiger partial charge in [-0.1, -0.05) is 11.8 Å². The summed E-state index contributed by atoms with van der Waals surface area (Å²) in [5.74, 6) is -2.30. The van der Waals surface area contributed by atoms with Crippen molar-refractivity contribution in [2.45, 2.75) is 36.7 Å². The lowest BCUT2D eigenvalue weighted by Gasteiger charge is -2.33. The lowest BCUT2D eigenvalue weighted by Crippen LogP contribution is -2.33. The Bertz CT molecular complexity index is 1070. The van der Waals surface area contributed by atoms with E-state index in [-0.39, 0.29) is 40.2 Å². The number of nitrogens with zero attached hydrogens (tertiary/aromatic N) is 3. The lowest BCUT2D eigenvalue weighted by molar-refractivity contribution is 0.0518. The number of fused-ring (bicyclic) bond motifs is 3. The van der Waals surface area contributed by atoms with E-state index in [2.05, 4.69) is 0 Å². The molecule has 156 valence electrons. The molecule has 0 bridgehead atoms. The number of aromatic nitrogens is 1. The van der Waals surface area contributed by atoms with Crippen molar-refractivity contribution in [3.05, 3.63) is 33.5 Å². The maximum atomic E-state index is 15.6. The largest absolute Gasteiger partial charge is 0.462 e. The zero-order chi connectivity index (χ0) is 21.0. The second-order valence-electron chi connectivity index (χ2n) is 7.59. The van der Waals surface area contributed by atoms with Crippen LogP contribution in [0, 0.1) is 11.6 Å². The number of anilines is 1. The molecule has 2 aliphatic rings. The van der Waals surface area contributed by atoms with Gasteiger partial charge in [0.1, 0.15) is 17.1 Å². The van der Waals surface area contributed by atoms with Gasteiger partial charge < -0.3 is 19.1 Å². The fourth-order valence-corrected chi connectivity index (χ4v) is 5.26. The van der Waals surface area contributed by atoms with Crippen LogP contribution < -0.4 is 10.3 Å². The van der Waals surface area contributed by atoms with Crippen LogP contribution in [-0.4, -0.2) is 55.3 Å². The second-order valence-corrected chi connectivity index (χ2v) is 8.89. The quantitative estimate of drug-likeness (QED) is 0.704. The van der Waals surface area contributed by atoms with Crippen LogP contribution >= 0.6 is 11.8 Å². The number of carbonyl (C=O) groups excluding carboxylic acids is 1. The number of hydrogen-bond acceptors (Lipinski definition) is 6. The highest BCUT2D eigenvalue weighted by atomic mass is 32.2. The molecular formula is C20H23F2N3O3S. The summed E-state index contributed by atoms with van der Waals surface area (Å²) in [6.07, 6.45) is 0.802. The molecule has 3 heterocycles. The Morgan fingerprint density at radius 1 is 1.38 bits per heavy atom. The van der Waals surface area contributed by atoms with E-state index < -0.39 is 23.0 Å². The Labute approximate surface area is 171 Å². The van der Waals surface area contributed by atoms with Crippen molar-refractivity contribution >= 4 is 34.3 Å². The van der Waals surface area contributed by atoms with E-state index in [4.69, 9.17) is 4.74 Å². The maximum absolute atomic E-state index is 15.6. The summed E-state index contributed by atoms with van der Waals surface area (Å²) < 4.78 is 37.2. The molecule has 1 aromatic heterocycles. The monoisotopic (exact) mass is 423 g/mol. The fraction of sp³-hybridized carbons (Fsp3) is 0.500. The van der Waals surface area contributed by atoms with Gasteiger partial charge in [0.25, 0.3) is 0 Å². The van der Waals surface area contributed by atoms with Gasteiger partial charge in [-0.15, -0.1) is 0 Å². The zero-order valence-electron chi connectivity index (χ0n) is 16.8. The highest BCUT2D eigenvalue weighted by Gasteiger charge is 2.37. The molecular weight excluding hydrogens is 400 g/mol. The molecule has 2 aromatic rings. The minimum Gasteiger partial charge on any atom is -0.462 e. The summed E-state index contributed by atoms with van der Waals surface area (Å²) in [5, 5.41) is 0.0609. The molecule has 29 heavy (non-hydrogen) atoms. The molecule has 4 rings (SSSR count). The summed E-state index contributed by atoms with van der Waals surface area (Å²) in [5.41, 5.74) is -0.901. The molecule has 9 heteroatoms. The van der Waals surface area contributed by atoms with E-state index in [0.29, 0.717) is 18.1 Å². The van der Waals surface area contributed by atoms with E-state index in [9.17, 15) is 9.59 Å². The predicted octanol–water partition coefficient (Wildman–Crippen LogP) is 3.22. The zero-order valence-corrected chi connectivity index (χ0v) is 17.6. The summed E-state index contributed by atoms with van der Waals surface area (Å²) in [7, 11) is 3.89. The average molecular weight is 423 g/mol. The van der Waals surface area contributed by atoms with Crippen molar-refractivity contribution in [3.63, 3.8) is 0 Å². The molecule has 2 atom stereocenters. The van der Waals surface area contributed by atoms with Crippen molar-refractivity contribution in [2.75, 3.05) is 38.7 Å². The Morgan fingerprint density at radius 2 is 2.10 bits per heavy atom. The van der Waals surface area contributed by atoms with Crippen molar-refractivity contribution in [1.82, 2.24) is 9.47 Å². The molecule has 0 amide bonds. The van der Waals surface area contributed by atoms with Crippen molar-refractivity contribution in [3.8, 4) is 0 Å². The molecule has 0 radical (unpaired) electrons. The topological polar surface area (TPSA) is 54.8 Å². The highest BCUT2D eigenvalue weighted by molar-refractivity contribution is 8.00. The van der Waals surface area contributed by atoms with Crippen LogP contribution in [0.1, 0.15) is 36.0 Å². The Kier molecular flexibility index (Phi) is 5.06. The van der Waals surface area contributed by atoms with E-state index in [0.717, 1.165) is 12.5 Å². The number of pyridine rings is 1. The summed E-state index contributed by atoms with van der Waals surface area (Å²) in [6.45, 7) is 4.64. The van der Waals surface area contributed by atoms with Gasteiger partial charge in [0, 0.05) is 19.1 Å². The summed E-state index contributed by atoms with van der Waals surface area (Å²) >= 11 is 1.30. The number of thioether (sulfide) groups is 1. The predicted molar refractivity (Wildman–Crippen MR) is 109 cm³/mol. The number of rotatable bonds is 4.